The number of thioether (sulfide) groups is 1. The molecule has 3 rings (SSSR count). The molecule has 0 aliphatic carbocycles. The van der Waals surface area contributed by atoms with Gasteiger partial charge in [0, 0.05) is 10.8 Å². The van der Waals surface area contributed by atoms with Crippen LogP contribution in [0.25, 0.3) is 0 Å². The van der Waals surface area contributed by atoms with Crippen LogP contribution < -0.4 is 14.4 Å². The molecule has 2 aromatic carbocycles. The summed E-state index contributed by atoms with van der Waals surface area (Å²) in [6, 6.07) is 13.4. The number of nitrogens with one attached hydrogen (secondary N) is 1. The molecule has 1 amide bonds. The number of hydrogen-bond acceptors (Lipinski definition) is 8. The van der Waals surface area contributed by atoms with Gasteiger partial charge in [-0.15, -0.1) is 10.2 Å². The normalized spacial score (nSPS) is 12.2. The van der Waals surface area contributed by atoms with E-state index in [1.54, 1.807) is 12.1 Å². The molecule has 0 bridgehead atoms. The largest absolute Gasteiger partial charge is 0.495 e. The van der Waals surface area contributed by atoms with Gasteiger partial charge in [-0.05, 0) is 30.7 Å². The van der Waals surface area contributed by atoms with E-state index in [0.717, 1.165) is 21.9 Å². The summed E-state index contributed by atoms with van der Waals surface area (Å²) in [5, 5.41) is 11.3. The summed E-state index contributed by atoms with van der Waals surface area (Å²) in [5.41, 5.74) is 1.31. The predicted octanol–water partition coefficient (Wildman–Crippen LogP) is 4.29. The van der Waals surface area contributed by atoms with Crippen LogP contribution in [0, 0.1) is 0 Å². The van der Waals surface area contributed by atoms with Crippen LogP contribution in [0.4, 0.5) is 10.8 Å². The van der Waals surface area contributed by atoms with E-state index >= 15 is 0 Å². The van der Waals surface area contributed by atoms with Crippen molar-refractivity contribution in [3.63, 3.8) is 0 Å². The van der Waals surface area contributed by atoms with Crippen molar-refractivity contribution in [2.75, 3.05) is 23.0 Å². The maximum absolute atomic E-state index is 12.9. The van der Waals surface area contributed by atoms with E-state index < -0.39 is 22.0 Å². The molecule has 8 nitrogen and oxygen atoms in total. The number of rotatable bonds is 9. The number of anilines is 2. The Labute approximate surface area is 200 Å². The molecular weight excluding hydrogens is 492 g/mol. The minimum atomic E-state index is -3.84. The van der Waals surface area contributed by atoms with Gasteiger partial charge in [-0.25, -0.2) is 8.42 Å². The molecule has 0 spiro atoms. The summed E-state index contributed by atoms with van der Waals surface area (Å²) in [4.78, 5) is 12.9. The fraction of sp³-hybridized carbons (Fsp3) is 0.250. The Morgan fingerprint density at radius 2 is 1.97 bits per heavy atom. The molecule has 0 radical (unpaired) electrons. The highest BCUT2D eigenvalue weighted by Crippen LogP contribution is 2.34. The number of hydrogen-bond donors (Lipinski definition) is 1. The fourth-order valence-corrected chi connectivity index (χ4v) is 5.91. The zero-order chi connectivity index (χ0) is 23.3. The van der Waals surface area contributed by atoms with Crippen LogP contribution in [0.15, 0.2) is 52.9 Å². The summed E-state index contributed by atoms with van der Waals surface area (Å²) >= 11 is 8.78. The Balaban J connectivity index is 1.75. The van der Waals surface area contributed by atoms with Gasteiger partial charge < -0.3 is 4.74 Å². The highest BCUT2D eigenvalue weighted by Gasteiger charge is 2.32. The number of aromatic nitrogens is 2. The Hall–Kier alpha value is -2.34. The first-order valence-electron chi connectivity index (χ1n) is 9.33. The van der Waals surface area contributed by atoms with E-state index in [2.05, 4.69) is 15.5 Å². The van der Waals surface area contributed by atoms with Gasteiger partial charge in [0.05, 0.1) is 19.1 Å². The van der Waals surface area contributed by atoms with Gasteiger partial charge >= 0.3 is 0 Å². The van der Waals surface area contributed by atoms with Crippen LogP contribution in [-0.4, -0.2) is 43.9 Å². The van der Waals surface area contributed by atoms with Gasteiger partial charge in [-0.1, -0.05) is 65.0 Å². The fourth-order valence-electron chi connectivity index (χ4n) is 2.86. The molecule has 12 heteroatoms. The number of benzene rings is 2. The van der Waals surface area contributed by atoms with E-state index in [4.69, 9.17) is 16.3 Å². The number of methoxy groups -OCH3 is 1. The standard InChI is InChI=1S/C20H21ClN4O4S3/c1-13(25(32(3,27)28)16-11-15(21)9-10-17(16)29-2)18(26)22-19-23-24-20(31-19)30-12-14-7-5-4-6-8-14/h4-11,13H,12H2,1-3H3,(H,22,23,26)/t13-/m0/s1. The summed E-state index contributed by atoms with van der Waals surface area (Å²) in [6.45, 7) is 1.48. The van der Waals surface area contributed by atoms with Crippen molar-refractivity contribution >= 4 is 61.4 Å². The lowest BCUT2D eigenvalue weighted by Gasteiger charge is -2.29. The first-order valence-corrected chi connectivity index (χ1v) is 13.4. The van der Waals surface area contributed by atoms with Gasteiger partial charge in [0.25, 0.3) is 0 Å². The average molecular weight is 513 g/mol. The van der Waals surface area contributed by atoms with Crippen molar-refractivity contribution in [3.8, 4) is 5.75 Å². The van der Waals surface area contributed by atoms with Gasteiger partial charge in [0.15, 0.2) is 4.34 Å². The molecule has 0 aliphatic heterocycles. The van der Waals surface area contributed by atoms with Crippen LogP contribution in [0.5, 0.6) is 5.75 Å². The van der Waals surface area contributed by atoms with Crippen molar-refractivity contribution < 1.29 is 17.9 Å². The smallest absolute Gasteiger partial charge is 0.249 e. The number of ether oxygens (including phenoxy) is 1. The zero-order valence-electron chi connectivity index (χ0n) is 17.5. The van der Waals surface area contributed by atoms with Gasteiger partial charge in [0.1, 0.15) is 11.8 Å². The van der Waals surface area contributed by atoms with E-state index in [0.29, 0.717) is 9.36 Å². The molecule has 0 unspecified atom stereocenters. The zero-order valence-corrected chi connectivity index (χ0v) is 20.7. The van der Waals surface area contributed by atoms with Crippen molar-refractivity contribution in [2.45, 2.75) is 23.1 Å². The average Bonchev–Trinajstić information content (AvgIpc) is 3.19. The van der Waals surface area contributed by atoms with Gasteiger partial charge in [-0.2, -0.15) is 0 Å². The molecule has 1 aromatic heterocycles. The Bertz CT molecular complexity index is 1190. The van der Waals surface area contributed by atoms with E-state index in [1.807, 2.05) is 30.3 Å². The second-order valence-electron chi connectivity index (χ2n) is 6.69. The third-order valence-electron chi connectivity index (χ3n) is 4.31. The minimum Gasteiger partial charge on any atom is -0.495 e. The van der Waals surface area contributed by atoms with E-state index in [1.165, 1.54) is 43.2 Å². The lowest BCUT2D eigenvalue weighted by atomic mass is 10.2. The highest BCUT2D eigenvalue weighted by atomic mass is 35.5. The number of carbonyl (C=O) groups is 1. The SMILES string of the molecule is COc1ccc(Cl)cc1N([C@@H](C)C(=O)Nc1nnc(SCc2ccccc2)s1)S(C)(=O)=O. The highest BCUT2D eigenvalue weighted by molar-refractivity contribution is 8.00. The number of halogens is 1. The van der Waals surface area contributed by atoms with Crippen LogP contribution in [0.2, 0.25) is 5.02 Å². The number of nitrogens with zero attached hydrogens (tertiary/aromatic N) is 3. The molecule has 32 heavy (non-hydrogen) atoms. The second kappa shape index (κ2) is 10.5. The topological polar surface area (TPSA) is 101 Å². The molecule has 0 fully saturated rings. The van der Waals surface area contributed by atoms with Crippen LogP contribution in [0.3, 0.4) is 0 Å². The minimum absolute atomic E-state index is 0.168. The number of sulfonamides is 1. The molecule has 170 valence electrons. The molecule has 1 heterocycles. The first-order chi connectivity index (χ1) is 15.2. The molecule has 1 N–H and O–H groups in total. The van der Waals surface area contributed by atoms with E-state index in [-0.39, 0.29) is 16.6 Å². The molecule has 0 saturated carbocycles. The Kier molecular flexibility index (Phi) is 7.99. The van der Waals surface area contributed by atoms with Crippen LogP contribution >= 0.6 is 34.7 Å². The lowest BCUT2D eigenvalue weighted by molar-refractivity contribution is -0.116. The summed E-state index contributed by atoms with van der Waals surface area (Å²) in [7, 11) is -2.43. The summed E-state index contributed by atoms with van der Waals surface area (Å²) < 4.78 is 32.0. The second-order valence-corrected chi connectivity index (χ2v) is 11.2. The number of amides is 1. The molecular formula is C20H21ClN4O4S3. The van der Waals surface area contributed by atoms with Crippen molar-refractivity contribution in [3.05, 3.63) is 59.1 Å². The monoisotopic (exact) mass is 512 g/mol. The van der Waals surface area contributed by atoms with Crippen molar-refractivity contribution in [1.82, 2.24) is 10.2 Å². The quantitative estimate of drug-likeness (QED) is 0.337. The van der Waals surface area contributed by atoms with E-state index in [9.17, 15) is 13.2 Å². The summed E-state index contributed by atoms with van der Waals surface area (Å²) in [5.74, 6) is 0.430. The van der Waals surface area contributed by atoms with Crippen LogP contribution in [0.1, 0.15) is 12.5 Å². The van der Waals surface area contributed by atoms with Crippen LogP contribution in [-0.2, 0) is 20.6 Å². The third-order valence-corrected chi connectivity index (χ3v) is 7.81. The summed E-state index contributed by atoms with van der Waals surface area (Å²) in [6.07, 6.45) is 1.01. The maximum atomic E-state index is 12.9. The lowest BCUT2D eigenvalue weighted by Crippen LogP contribution is -2.45. The Morgan fingerprint density at radius 3 is 2.62 bits per heavy atom. The van der Waals surface area contributed by atoms with Gasteiger partial charge in [0.2, 0.25) is 21.1 Å². The van der Waals surface area contributed by atoms with Crippen molar-refractivity contribution in [1.29, 1.82) is 0 Å². The third kappa shape index (κ3) is 6.12. The Morgan fingerprint density at radius 1 is 1.25 bits per heavy atom. The molecule has 0 aliphatic rings. The van der Waals surface area contributed by atoms with Crippen molar-refractivity contribution in [2.24, 2.45) is 0 Å². The number of carbonyl (C=O) groups excluding carboxylic acids is 1. The van der Waals surface area contributed by atoms with Gasteiger partial charge in [-0.3, -0.25) is 14.4 Å². The maximum Gasteiger partial charge on any atom is 0.249 e. The first kappa shape index (κ1) is 24.3. The molecule has 0 saturated heterocycles. The molecule has 3 aromatic rings. The predicted molar refractivity (Wildman–Crippen MR) is 129 cm³/mol. The molecule has 1 atom stereocenters.